The first-order chi connectivity index (χ1) is 11.6. The van der Waals surface area contributed by atoms with Crippen molar-refractivity contribution >= 4 is 27.5 Å². The molecule has 0 aliphatic carbocycles. The van der Waals surface area contributed by atoms with Gasteiger partial charge in [0.15, 0.2) is 0 Å². The van der Waals surface area contributed by atoms with E-state index in [-0.39, 0.29) is 11.9 Å². The van der Waals surface area contributed by atoms with Crippen molar-refractivity contribution in [1.82, 2.24) is 10.2 Å². The van der Waals surface area contributed by atoms with E-state index in [1.807, 2.05) is 6.07 Å². The molecule has 24 heavy (non-hydrogen) atoms. The molecule has 1 saturated heterocycles. The van der Waals surface area contributed by atoms with Crippen molar-refractivity contribution < 1.29 is 4.79 Å². The predicted molar refractivity (Wildman–Crippen MR) is 101 cm³/mol. The summed E-state index contributed by atoms with van der Waals surface area (Å²) in [7, 11) is 0. The van der Waals surface area contributed by atoms with E-state index in [1.165, 1.54) is 5.56 Å². The van der Waals surface area contributed by atoms with Crippen molar-refractivity contribution in [3.8, 4) is 0 Å². The number of hydrogen-bond donors (Lipinski definition) is 2. The molecule has 0 saturated carbocycles. The molecule has 5 heteroatoms. The van der Waals surface area contributed by atoms with Crippen molar-refractivity contribution in [2.24, 2.45) is 0 Å². The number of nitrogen functional groups attached to an aromatic ring is 1. The summed E-state index contributed by atoms with van der Waals surface area (Å²) in [6.07, 6.45) is 1.94. The summed E-state index contributed by atoms with van der Waals surface area (Å²) in [4.78, 5) is 14.9. The topological polar surface area (TPSA) is 58.4 Å². The zero-order valence-corrected chi connectivity index (χ0v) is 15.1. The van der Waals surface area contributed by atoms with E-state index in [2.05, 4.69) is 50.4 Å². The molecule has 0 radical (unpaired) electrons. The maximum absolute atomic E-state index is 12.4. The van der Waals surface area contributed by atoms with Crippen LogP contribution in [-0.2, 0) is 6.54 Å². The van der Waals surface area contributed by atoms with E-state index < -0.39 is 0 Å². The molecular weight excluding hydrogens is 366 g/mol. The number of anilines is 1. The second kappa shape index (κ2) is 7.81. The Hall–Kier alpha value is -1.85. The van der Waals surface area contributed by atoms with Gasteiger partial charge in [-0.05, 0) is 46.5 Å². The van der Waals surface area contributed by atoms with Gasteiger partial charge in [0.2, 0.25) is 0 Å². The minimum absolute atomic E-state index is 0.0596. The molecule has 1 aliphatic rings. The highest BCUT2D eigenvalue weighted by molar-refractivity contribution is 9.10. The molecule has 0 aromatic heterocycles. The standard InChI is InChI=1S/C19H22BrN3O/c20-18-16(7-4-8-17(18)21)19(24)22-15-9-11-23(12-10-15)13-14-5-2-1-3-6-14/h1-8,15H,9-13,21H2,(H,22,24). The molecule has 4 nitrogen and oxygen atoms in total. The average Bonchev–Trinajstić information content (AvgIpc) is 2.60. The van der Waals surface area contributed by atoms with Gasteiger partial charge in [0.05, 0.1) is 10.0 Å². The van der Waals surface area contributed by atoms with E-state index >= 15 is 0 Å². The van der Waals surface area contributed by atoms with Crippen LogP contribution in [0.2, 0.25) is 0 Å². The lowest BCUT2D eigenvalue weighted by Crippen LogP contribution is -2.44. The summed E-state index contributed by atoms with van der Waals surface area (Å²) in [6.45, 7) is 2.97. The normalized spacial score (nSPS) is 16.0. The maximum atomic E-state index is 12.4. The summed E-state index contributed by atoms with van der Waals surface area (Å²) in [5.74, 6) is -0.0596. The molecule has 1 fully saturated rings. The predicted octanol–water partition coefficient (Wildman–Crippen LogP) is 3.43. The first-order valence-corrected chi connectivity index (χ1v) is 9.04. The molecule has 0 bridgehead atoms. The van der Waals surface area contributed by atoms with Crippen molar-refractivity contribution in [2.45, 2.75) is 25.4 Å². The van der Waals surface area contributed by atoms with Gasteiger partial charge in [-0.15, -0.1) is 0 Å². The number of halogens is 1. The Morgan fingerprint density at radius 3 is 2.54 bits per heavy atom. The van der Waals surface area contributed by atoms with Gasteiger partial charge in [0.1, 0.15) is 0 Å². The van der Waals surface area contributed by atoms with Gasteiger partial charge < -0.3 is 11.1 Å². The fraction of sp³-hybridized carbons (Fsp3) is 0.316. The number of carbonyl (C=O) groups excluding carboxylic acids is 1. The van der Waals surface area contributed by atoms with Crippen LogP contribution in [0.25, 0.3) is 0 Å². The van der Waals surface area contributed by atoms with Gasteiger partial charge in [0, 0.05) is 31.4 Å². The Morgan fingerprint density at radius 2 is 1.83 bits per heavy atom. The van der Waals surface area contributed by atoms with E-state index in [9.17, 15) is 4.79 Å². The second-order valence-electron chi connectivity index (χ2n) is 6.22. The van der Waals surface area contributed by atoms with Crippen LogP contribution in [-0.4, -0.2) is 29.9 Å². The molecule has 2 aromatic carbocycles. The van der Waals surface area contributed by atoms with Crippen LogP contribution in [0.15, 0.2) is 53.0 Å². The SMILES string of the molecule is Nc1cccc(C(=O)NC2CCN(Cc3ccccc3)CC2)c1Br. The van der Waals surface area contributed by atoms with Crippen molar-refractivity contribution in [3.63, 3.8) is 0 Å². The Morgan fingerprint density at radius 1 is 1.12 bits per heavy atom. The molecule has 3 rings (SSSR count). The van der Waals surface area contributed by atoms with Crippen molar-refractivity contribution in [2.75, 3.05) is 18.8 Å². The minimum Gasteiger partial charge on any atom is -0.398 e. The Balaban J connectivity index is 1.52. The highest BCUT2D eigenvalue weighted by Crippen LogP contribution is 2.24. The molecule has 2 aromatic rings. The lowest BCUT2D eigenvalue weighted by Gasteiger charge is -2.32. The molecule has 1 aliphatic heterocycles. The van der Waals surface area contributed by atoms with E-state index in [4.69, 9.17) is 5.73 Å². The minimum atomic E-state index is -0.0596. The van der Waals surface area contributed by atoms with Gasteiger partial charge >= 0.3 is 0 Å². The highest BCUT2D eigenvalue weighted by Gasteiger charge is 2.22. The highest BCUT2D eigenvalue weighted by atomic mass is 79.9. The van der Waals surface area contributed by atoms with E-state index in [1.54, 1.807) is 18.2 Å². The quantitative estimate of drug-likeness (QED) is 0.790. The monoisotopic (exact) mass is 387 g/mol. The van der Waals surface area contributed by atoms with Crippen LogP contribution in [0.4, 0.5) is 5.69 Å². The molecular formula is C19H22BrN3O. The first-order valence-electron chi connectivity index (χ1n) is 8.24. The summed E-state index contributed by atoms with van der Waals surface area (Å²) in [5.41, 5.74) is 8.37. The van der Waals surface area contributed by atoms with Gasteiger partial charge in [-0.1, -0.05) is 36.4 Å². The molecule has 126 valence electrons. The Labute approximate surface area is 151 Å². The van der Waals surface area contributed by atoms with Gasteiger partial charge in [-0.2, -0.15) is 0 Å². The third kappa shape index (κ3) is 4.16. The van der Waals surface area contributed by atoms with Crippen LogP contribution in [0.3, 0.4) is 0 Å². The van der Waals surface area contributed by atoms with Crippen LogP contribution in [0.5, 0.6) is 0 Å². The largest absolute Gasteiger partial charge is 0.398 e. The number of likely N-dealkylation sites (tertiary alicyclic amines) is 1. The lowest BCUT2D eigenvalue weighted by atomic mass is 10.0. The number of rotatable bonds is 4. The number of benzene rings is 2. The second-order valence-corrected chi connectivity index (χ2v) is 7.01. The fourth-order valence-corrected chi connectivity index (χ4v) is 3.51. The van der Waals surface area contributed by atoms with Crippen molar-refractivity contribution in [3.05, 3.63) is 64.1 Å². The average molecular weight is 388 g/mol. The number of hydrogen-bond acceptors (Lipinski definition) is 3. The van der Waals surface area contributed by atoms with Crippen LogP contribution in [0.1, 0.15) is 28.8 Å². The molecule has 0 unspecified atom stereocenters. The zero-order chi connectivity index (χ0) is 16.9. The third-order valence-electron chi connectivity index (χ3n) is 4.45. The molecule has 3 N–H and O–H groups in total. The first kappa shape index (κ1) is 17.0. The smallest absolute Gasteiger partial charge is 0.252 e. The van der Waals surface area contributed by atoms with Gasteiger partial charge in [-0.3, -0.25) is 9.69 Å². The van der Waals surface area contributed by atoms with Crippen LogP contribution in [0, 0.1) is 0 Å². The summed E-state index contributed by atoms with van der Waals surface area (Å²) >= 11 is 3.40. The maximum Gasteiger partial charge on any atom is 0.252 e. The van der Waals surface area contributed by atoms with E-state index in [0.29, 0.717) is 15.7 Å². The van der Waals surface area contributed by atoms with Gasteiger partial charge in [0.25, 0.3) is 5.91 Å². The van der Waals surface area contributed by atoms with Crippen molar-refractivity contribution in [1.29, 1.82) is 0 Å². The number of nitrogens with two attached hydrogens (primary N) is 1. The number of amides is 1. The molecule has 0 spiro atoms. The number of piperidine rings is 1. The number of nitrogens with zero attached hydrogens (tertiary/aromatic N) is 1. The summed E-state index contributed by atoms with van der Waals surface area (Å²) in [6, 6.07) is 16.1. The Kier molecular flexibility index (Phi) is 5.53. The number of carbonyl (C=O) groups is 1. The Bertz CT molecular complexity index is 697. The molecule has 1 heterocycles. The molecule has 1 amide bonds. The van der Waals surface area contributed by atoms with Crippen LogP contribution < -0.4 is 11.1 Å². The number of nitrogens with one attached hydrogen (secondary N) is 1. The fourth-order valence-electron chi connectivity index (χ4n) is 3.07. The van der Waals surface area contributed by atoms with Gasteiger partial charge in [-0.25, -0.2) is 0 Å². The van der Waals surface area contributed by atoms with Crippen LogP contribution >= 0.6 is 15.9 Å². The third-order valence-corrected chi connectivity index (χ3v) is 5.33. The summed E-state index contributed by atoms with van der Waals surface area (Å²) in [5, 5.41) is 3.14. The molecule has 0 atom stereocenters. The lowest BCUT2D eigenvalue weighted by molar-refractivity contribution is 0.0908. The summed E-state index contributed by atoms with van der Waals surface area (Å²) < 4.78 is 0.670. The zero-order valence-electron chi connectivity index (χ0n) is 13.5. The van der Waals surface area contributed by atoms with E-state index in [0.717, 1.165) is 32.5 Å².